The van der Waals surface area contributed by atoms with Crippen LogP contribution >= 0.6 is 0 Å². The van der Waals surface area contributed by atoms with Gasteiger partial charge in [-0.1, -0.05) is 6.92 Å². The first-order valence-corrected chi connectivity index (χ1v) is 10.2. The quantitative estimate of drug-likeness (QED) is 0.650. The van der Waals surface area contributed by atoms with Crippen LogP contribution in [0.15, 0.2) is 48.7 Å². The number of aryl methyl sites for hydroxylation is 1. The van der Waals surface area contributed by atoms with E-state index in [1.165, 1.54) is 12.1 Å². The van der Waals surface area contributed by atoms with E-state index in [9.17, 15) is 4.39 Å². The first-order valence-electron chi connectivity index (χ1n) is 10.2. The lowest BCUT2D eigenvalue weighted by atomic mass is 10.2. The number of benzene rings is 1. The van der Waals surface area contributed by atoms with Crippen molar-refractivity contribution in [3.8, 4) is 0 Å². The van der Waals surface area contributed by atoms with Crippen molar-refractivity contribution in [3.63, 3.8) is 0 Å². The second-order valence-electron chi connectivity index (χ2n) is 7.27. The average Bonchev–Trinajstić information content (AvgIpc) is 2.78. The van der Waals surface area contributed by atoms with Gasteiger partial charge in [-0.3, -0.25) is 0 Å². The predicted octanol–water partition coefficient (Wildman–Crippen LogP) is 3.09. The van der Waals surface area contributed by atoms with Crippen molar-refractivity contribution < 1.29 is 4.39 Å². The van der Waals surface area contributed by atoms with E-state index in [4.69, 9.17) is 5.73 Å². The van der Waals surface area contributed by atoms with Gasteiger partial charge in [0.2, 0.25) is 0 Å². The Balaban J connectivity index is 1.37. The first kappa shape index (κ1) is 19.9. The Hall–Kier alpha value is -3.42. The van der Waals surface area contributed by atoms with Gasteiger partial charge >= 0.3 is 0 Å². The van der Waals surface area contributed by atoms with Crippen LogP contribution in [0, 0.1) is 5.82 Å². The standard InChI is InChI=1S/C22H26FN7/c1-2-20-27-19(24)14-21(28-20)26-15-16-7-8-25-22(13-16)30-11-9-29(10-12-30)18-5-3-17(23)4-6-18/h3-8,13-14H,2,9-12,15H2,1H3,(H3,24,26,27,28). The minimum absolute atomic E-state index is 0.206. The van der Waals surface area contributed by atoms with Crippen LogP contribution in [0.25, 0.3) is 0 Å². The number of hydrogen-bond acceptors (Lipinski definition) is 7. The van der Waals surface area contributed by atoms with Gasteiger partial charge in [-0.25, -0.2) is 19.3 Å². The molecule has 156 valence electrons. The van der Waals surface area contributed by atoms with Gasteiger partial charge in [-0.15, -0.1) is 0 Å². The van der Waals surface area contributed by atoms with Crippen LogP contribution in [0.2, 0.25) is 0 Å². The molecule has 0 unspecified atom stereocenters. The third kappa shape index (κ3) is 4.76. The molecule has 0 aliphatic carbocycles. The number of halogens is 1. The summed E-state index contributed by atoms with van der Waals surface area (Å²) in [7, 11) is 0. The van der Waals surface area contributed by atoms with E-state index in [1.807, 2.05) is 31.3 Å². The Morgan fingerprint density at radius 3 is 2.47 bits per heavy atom. The molecule has 30 heavy (non-hydrogen) atoms. The Morgan fingerprint density at radius 2 is 1.73 bits per heavy atom. The summed E-state index contributed by atoms with van der Waals surface area (Å²) in [5, 5.41) is 3.32. The Labute approximate surface area is 175 Å². The van der Waals surface area contributed by atoms with Crippen LogP contribution in [-0.4, -0.2) is 41.1 Å². The van der Waals surface area contributed by atoms with Gasteiger partial charge < -0.3 is 20.9 Å². The summed E-state index contributed by atoms with van der Waals surface area (Å²) in [5.41, 5.74) is 8.03. The monoisotopic (exact) mass is 407 g/mol. The fraction of sp³-hybridized carbons (Fsp3) is 0.318. The van der Waals surface area contributed by atoms with Gasteiger partial charge in [0, 0.05) is 57.1 Å². The van der Waals surface area contributed by atoms with E-state index < -0.39 is 0 Å². The van der Waals surface area contributed by atoms with Crippen LogP contribution < -0.4 is 20.9 Å². The molecule has 0 atom stereocenters. The van der Waals surface area contributed by atoms with Gasteiger partial charge in [0.25, 0.3) is 0 Å². The molecular formula is C22H26FN7. The van der Waals surface area contributed by atoms with Crippen molar-refractivity contribution in [1.82, 2.24) is 15.0 Å². The fourth-order valence-electron chi connectivity index (χ4n) is 3.55. The number of hydrogen-bond donors (Lipinski definition) is 2. The van der Waals surface area contributed by atoms with Crippen LogP contribution in [-0.2, 0) is 13.0 Å². The van der Waals surface area contributed by atoms with E-state index in [2.05, 4.69) is 36.1 Å². The second-order valence-corrected chi connectivity index (χ2v) is 7.27. The van der Waals surface area contributed by atoms with E-state index >= 15 is 0 Å². The molecule has 8 heteroatoms. The van der Waals surface area contributed by atoms with Crippen molar-refractivity contribution >= 4 is 23.1 Å². The highest BCUT2D eigenvalue weighted by Gasteiger charge is 2.18. The third-order valence-corrected chi connectivity index (χ3v) is 5.19. The Kier molecular flexibility index (Phi) is 5.92. The molecule has 0 spiro atoms. The van der Waals surface area contributed by atoms with Crippen molar-refractivity contribution in [3.05, 3.63) is 65.9 Å². The smallest absolute Gasteiger partial charge is 0.132 e. The van der Waals surface area contributed by atoms with Crippen LogP contribution in [0.5, 0.6) is 0 Å². The molecule has 4 rings (SSSR count). The number of nitrogens with one attached hydrogen (secondary N) is 1. The van der Waals surface area contributed by atoms with E-state index in [-0.39, 0.29) is 5.82 Å². The number of anilines is 4. The molecule has 0 amide bonds. The molecule has 1 fully saturated rings. The minimum Gasteiger partial charge on any atom is -0.384 e. The zero-order valence-electron chi connectivity index (χ0n) is 17.1. The van der Waals surface area contributed by atoms with Crippen molar-refractivity contribution in [2.45, 2.75) is 19.9 Å². The molecule has 0 saturated carbocycles. The van der Waals surface area contributed by atoms with Crippen LogP contribution in [0.3, 0.4) is 0 Å². The lowest BCUT2D eigenvalue weighted by Gasteiger charge is -2.36. The second kappa shape index (κ2) is 8.94. The summed E-state index contributed by atoms with van der Waals surface area (Å²) in [5.74, 6) is 2.68. The fourth-order valence-corrected chi connectivity index (χ4v) is 3.55. The highest BCUT2D eigenvalue weighted by molar-refractivity contribution is 5.50. The highest BCUT2D eigenvalue weighted by atomic mass is 19.1. The van der Waals surface area contributed by atoms with Gasteiger partial charge in [0.05, 0.1) is 0 Å². The van der Waals surface area contributed by atoms with Gasteiger partial charge in [0.15, 0.2) is 0 Å². The molecule has 7 nitrogen and oxygen atoms in total. The summed E-state index contributed by atoms with van der Waals surface area (Å²) < 4.78 is 13.2. The maximum Gasteiger partial charge on any atom is 0.132 e. The van der Waals surface area contributed by atoms with Crippen LogP contribution in [0.4, 0.5) is 27.5 Å². The number of nitrogen functional groups attached to an aromatic ring is 1. The van der Waals surface area contributed by atoms with Gasteiger partial charge in [-0.05, 0) is 42.0 Å². The minimum atomic E-state index is -0.206. The maximum atomic E-state index is 13.2. The van der Waals surface area contributed by atoms with E-state index in [1.54, 1.807) is 6.07 Å². The number of nitrogens with zero attached hydrogens (tertiary/aromatic N) is 5. The zero-order chi connectivity index (χ0) is 20.9. The number of nitrogens with two attached hydrogens (primary N) is 1. The van der Waals surface area contributed by atoms with E-state index in [0.717, 1.165) is 61.3 Å². The Morgan fingerprint density at radius 1 is 1.00 bits per heavy atom. The number of piperazine rings is 1. The first-order chi connectivity index (χ1) is 14.6. The van der Waals surface area contributed by atoms with Gasteiger partial charge in [-0.2, -0.15) is 0 Å². The lowest BCUT2D eigenvalue weighted by Crippen LogP contribution is -2.46. The molecule has 0 bridgehead atoms. The maximum absolute atomic E-state index is 13.2. The van der Waals surface area contributed by atoms with Crippen molar-refractivity contribution in [1.29, 1.82) is 0 Å². The molecule has 2 aromatic heterocycles. The topological polar surface area (TPSA) is 83.2 Å². The summed E-state index contributed by atoms with van der Waals surface area (Å²) in [6, 6.07) is 12.5. The van der Waals surface area contributed by atoms with Crippen LogP contribution in [0.1, 0.15) is 18.3 Å². The van der Waals surface area contributed by atoms with Crippen molar-refractivity contribution in [2.75, 3.05) is 47.0 Å². The van der Waals surface area contributed by atoms with E-state index in [0.29, 0.717) is 12.4 Å². The SMILES string of the molecule is CCc1nc(N)cc(NCc2ccnc(N3CCN(c4ccc(F)cc4)CC3)c2)n1. The molecule has 1 aliphatic heterocycles. The molecule has 3 N–H and O–H groups in total. The molecule has 1 saturated heterocycles. The van der Waals surface area contributed by atoms with Gasteiger partial charge in [0.1, 0.15) is 29.1 Å². The normalized spacial score (nSPS) is 14.1. The summed E-state index contributed by atoms with van der Waals surface area (Å²) in [6.45, 7) is 6.10. The number of rotatable bonds is 6. The zero-order valence-corrected chi connectivity index (χ0v) is 17.1. The molecule has 1 aromatic carbocycles. The molecule has 3 aromatic rings. The summed E-state index contributed by atoms with van der Waals surface area (Å²) in [6.07, 6.45) is 2.58. The number of pyridine rings is 1. The largest absolute Gasteiger partial charge is 0.384 e. The average molecular weight is 407 g/mol. The number of aromatic nitrogens is 3. The van der Waals surface area contributed by atoms with Crippen molar-refractivity contribution in [2.24, 2.45) is 0 Å². The molecule has 1 aliphatic rings. The Bertz CT molecular complexity index is 985. The predicted molar refractivity (Wildman–Crippen MR) is 118 cm³/mol. The summed E-state index contributed by atoms with van der Waals surface area (Å²) in [4.78, 5) is 17.8. The molecule has 3 heterocycles. The highest BCUT2D eigenvalue weighted by Crippen LogP contribution is 2.20. The molecular weight excluding hydrogens is 381 g/mol. The third-order valence-electron chi connectivity index (χ3n) is 5.19. The molecule has 0 radical (unpaired) electrons. The lowest BCUT2D eigenvalue weighted by molar-refractivity contribution is 0.624. The summed E-state index contributed by atoms with van der Waals surface area (Å²) >= 11 is 0.